The maximum absolute atomic E-state index is 5.22. The van der Waals surface area contributed by atoms with Crippen LogP contribution >= 0.6 is 0 Å². The molecule has 0 unspecified atom stereocenters. The zero-order valence-electron chi connectivity index (χ0n) is 11.6. The van der Waals surface area contributed by atoms with E-state index in [1.807, 2.05) is 37.3 Å². The fourth-order valence-electron chi connectivity index (χ4n) is 1.84. The molecule has 0 aromatic heterocycles. The highest BCUT2D eigenvalue weighted by Crippen LogP contribution is 2.25. The van der Waals surface area contributed by atoms with Crippen molar-refractivity contribution in [1.29, 1.82) is 0 Å². The van der Waals surface area contributed by atoms with Crippen LogP contribution in [0.15, 0.2) is 52.7 Å². The van der Waals surface area contributed by atoms with Crippen molar-refractivity contribution in [2.45, 2.75) is 20.3 Å². The van der Waals surface area contributed by atoms with Crippen molar-refractivity contribution in [1.82, 2.24) is 0 Å². The molecule has 3 nitrogen and oxygen atoms in total. The summed E-state index contributed by atoms with van der Waals surface area (Å²) in [4.78, 5) is 0. The molecule has 0 atom stereocenters. The molecule has 0 N–H and O–H groups in total. The fraction of sp³-hybridized carbons (Fsp3) is 0.250. The van der Waals surface area contributed by atoms with Crippen LogP contribution in [0.5, 0.6) is 5.75 Å². The van der Waals surface area contributed by atoms with Gasteiger partial charge in [0.2, 0.25) is 0 Å². The Hall–Kier alpha value is -2.16. The number of methoxy groups -OCH3 is 1. The summed E-state index contributed by atoms with van der Waals surface area (Å²) in [7, 11) is 1.67. The first-order valence-electron chi connectivity index (χ1n) is 6.38. The Kier molecular flexibility index (Phi) is 4.29. The van der Waals surface area contributed by atoms with Gasteiger partial charge in [-0.3, -0.25) is 0 Å². The SMILES string of the molecule is CCc1ccc(N=Nc2ccc(OC)c(C)c2)cc1. The molecule has 0 aliphatic carbocycles. The fourth-order valence-corrected chi connectivity index (χ4v) is 1.84. The first-order chi connectivity index (χ1) is 9.22. The molecule has 0 radical (unpaired) electrons. The van der Waals surface area contributed by atoms with Gasteiger partial charge in [0.25, 0.3) is 0 Å². The molecule has 0 saturated heterocycles. The van der Waals surface area contributed by atoms with E-state index in [1.54, 1.807) is 7.11 Å². The number of hydrogen-bond donors (Lipinski definition) is 0. The zero-order valence-corrected chi connectivity index (χ0v) is 11.6. The molecule has 0 saturated carbocycles. The molecule has 0 fully saturated rings. The second-order valence-electron chi connectivity index (χ2n) is 4.37. The van der Waals surface area contributed by atoms with Crippen molar-refractivity contribution < 1.29 is 4.74 Å². The van der Waals surface area contributed by atoms with Crippen LogP contribution in [0.4, 0.5) is 11.4 Å². The average molecular weight is 254 g/mol. The van der Waals surface area contributed by atoms with Gasteiger partial charge in [-0.2, -0.15) is 10.2 Å². The number of aryl methyl sites for hydroxylation is 2. The van der Waals surface area contributed by atoms with Gasteiger partial charge >= 0.3 is 0 Å². The third-order valence-electron chi connectivity index (χ3n) is 3.00. The molecule has 2 aromatic carbocycles. The molecular formula is C16H18N2O. The van der Waals surface area contributed by atoms with Gasteiger partial charge in [0.1, 0.15) is 5.75 Å². The summed E-state index contributed by atoms with van der Waals surface area (Å²) in [5.74, 6) is 0.867. The molecule has 0 aliphatic heterocycles. The third kappa shape index (κ3) is 3.41. The van der Waals surface area contributed by atoms with Crippen molar-refractivity contribution in [3.05, 3.63) is 53.6 Å². The van der Waals surface area contributed by atoms with Gasteiger partial charge in [0.05, 0.1) is 18.5 Å². The van der Waals surface area contributed by atoms with Crippen LogP contribution in [0.25, 0.3) is 0 Å². The minimum atomic E-state index is 0.831. The van der Waals surface area contributed by atoms with Gasteiger partial charge in [0, 0.05) is 0 Å². The molecule has 19 heavy (non-hydrogen) atoms. The minimum Gasteiger partial charge on any atom is -0.496 e. The van der Waals surface area contributed by atoms with Crippen LogP contribution in [-0.2, 0) is 6.42 Å². The average Bonchev–Trinajstić information content (AvgIpc) is 2.46. The maximum atomic E-state index is 5.22. The number of nitrogens with zero attached hydrogens (tertiary/aromatic N) is 2. The summed E-state index contributed by atoms with van der Waals surface area (Å²) in [6.45, 7) is 4.13. The molecule has 2 aromatic rings. The lowest BCUT2D eigenvalue weighted by Gasteiger charge is -2.03. The number of azo groups is 1. The second kappa shape index (κ2) is 6.14. The lowest BCUT2D eigenvalue weighted by Crippen LogP contribution is -1.85. The summed E-state index contributed by atoms with van der Waals surface area (Å²) in [6, 6.07) is 13.9. The first-order valence-corrected chi connectivity index (χ1v) is 6.38. The Morgan fingerprint density at radius 1 is 0.947 bits per heavy atom. The van der Waals surface area contributed by atoms with Crippen LogP contribution in [0.2, 0.25) is 0 Å². The monoisotopic (exact) mass is 254 g/mol. The predicted molar refractivity (Wildman–Crippen MR) is 77.7 cm³/mol. The van der Waals surface area contributed by atoms with Gasteiger partial charge in [0.15, 0.2) is 0 Å². The molecule has 0 bridgehead atoms. The highest BCUT2D eigenvalue weighted by molar-refractivity contribution is 5.47. The summed E-state index contributed by atoms with van der Waals surface area (Å²) < 4.78 is 5.22. The minimum absolute atomic E-state index is 0.831. The Bertz CT molecular complexity index is 574. The van der Waals surface area contributed by atoms with Crippen LogP contribution in [0, 0.1) is 6.92 Å². The molecule has 2 rings (SSSR count). The van der Waals surface area contributed by atoms with Crippen molar-refractivity contribution in [2.24, 2.45) is 10.2 Å². The smallest absolute Gasteiger partial charge is 0.121 e. The molecule has 0 spiro atoms. The quantitative estimate of drug-likeness (QED) is 0.708. The van der Waals surface area contributed by atoms with E-state index in [0.717, 1.165) is 29.1 Å². The molecular weight excluding hydrogens is 236 g/mol. The van der Waals surface area contributed by atoms with Crippen LogP contribution in [-0.4, -0.2) is 7.11 Å². The van der Waals surface area contributed by atoms with Gasteiger partial charge in [-0.05, 0) is 54.8 Å². The van der Waals surface area contributed by atoms with Crippen LogP contribution in [0.1, 0.15) is 18.1 Å². The lowest BCUT2D eigenvalue weighted by atomic mass is 10.2. The third-order valence-corrected chi connectivity index (χ3v) is 3.00. The number of rotatable bonds is 4. The number of hydrogen-bond acceptors (Lipinski definition) is 3. The number of benzene rings is 2. The van der Waals surface area contributed by atoms with Crippen LogP contribution < -0.4 is 4.74 Å². The lowest BCUT2D eigenvalue weighted by molar-refractivity contribution is 0.412. The maximum Gasteiger partial charge on any atom is 0.121 e. The van der Waals surface area contributed by atoms with E-state index >= 15 is 0 Å². The standard InChI is InChI=1S/C16H18N2O/c1-4-13-5-7-14(8-6-13)17-18-15-9-10-16(19-3)12(2)11-15/h5-11H,4H2,1-3H3. The molecule has 3 heteroatoms. The predicted octanol–water partition coefficient (Wildman–Crippen LogP) is 4.98. The summed E-state index contributed by atoms with van der Waals surface area (Å²) in [5, 5.41) is 8.47. The van der Waals surface area contributed by atoms with E-state index in [2.05, 4.69) is 29.3 Å². The van der Waals surface area contributed by atoms with E-state index in [4.69, 9.17) is 4.74 Å². The van der Waals surface area contributed by atoms with Crippen molar-refractivity contribution in [2.75, 3.05) is 7.11 Å². The molecule has 0 heterocycles. The van der Waals surface area contributed by atoms with Gasteiger partial charge < -0.3 is 4.74 Å². The molecule has 98 valence electrons. The Morgan fingerprint density at radius 2 is 1.58 bits per heavy atom. The Balaban J connectivity index is 2.15. The van der Waals surface area contributed by atoms with E-state index in [0.29, 0.717) is 0 Å². The normalized spacial score (nSPS) is 10.9. The van der Waals surface area contributed by atoms with Crippen molar-refractivity contribution in [3.8, 4) is 5.75 Å². The van der Waals surface area contributed by atoms with E-state index in [1.165, 1.54) is 5.56 Å². The second-order valence-corrected chi connectivity index (χ2v) is 4.37. The molecule has 0 amide bonds. The van der Waals surface area contributed by atoms with Crippen molar-refractivity contribution in [3.63, 3.8) is 0 Å². The first kappa shape index (κ1) is 13.3. The van der Waals surface area contributed by atoms with Gasteiger partial charge in [-0.1, -0.05) is 19.1 Å². The largest absolute Gasteiger partial charge is 0.496 e. The highest BCUT2D eigenvalue weighted by atomic mass is 16.5. The van der Waals surface area contributed by atoms with Crippen LogP contribution in [0.3, 0.4) is 0 Å². The van der Waals surface area contributed by atoms with E-state index in [9.17, 15) is 0 Å². The molecule has 0 aliphatic rings. The zero-order chi connectivity index (χ0) is 13.7. The topological polar surface area (TPSA) is 34.0 Å². The number of ether oxygens (including phenoxy) is 1. The van der Waals surface area contributed by atoms with Gasteiger partial charge in [-0.15, -0.1) is 0 Å². The Morgan fingerprint density at radius 3 is 2.16 bits per heavy atom. The highest BCUT2D eigenvalue weighted by Gasteiger charge is 1.98. The summed E-state index contributed by atoms with van der Waals surface area (Å²) in [6.07, 6.45) is 1.04. The summed E-state index contributed by atoms with van der Waals surface area (Å²) in [5.41, 5.74) is 4.06. The van der Waals surface area contributed by atoms with E-state index in [-0.39, 0.29) is 0 Å². The van der Waals surface area contributed by atoms with Crippen molar-refractivity contribution >= 4 is 11.4 Å². The van der Waals surface area contributed by atoms with Gasteiger partial charge in [-0.25, -0.2) is 0 Å². The Labute approximate surface area is 114 Å². The summed E-state index contributed by atoms with van der Waals surface area (Å²) >= 11 is 0. The van der Waals surface area contributed by atoms with E-state index < -0.39 is 0 Å².